The molecule has 6 heteroatoms. The van der Waals surface area contributed by atoms with Crippen LogP contribution in [0.3, 0.4) is 0 Å². The molecule has 0 radical (unpaired) electrons. The Morgan fingerprint density at radius 3 is 2.74 bits per heavy atom. The molecule has 120 valence electrons. The number of carbonyl (C=O) groups is 1. The van der Waals surface area contributed by atoms with Gasteiger partial charge in [0.1, 0.15) is 17.7 Å². The van der Waals surface area contributed by atoms with Gasteiger partial charge in [0.25, 0.3) is 0 Å². The van der Waals surface area contributed by atoms with Crippen molar-refractivity contribution in [1.82, 2.24) is 4.90 Å². The van der Waals surface area contributed by atoms with Crippen LogP contribution in [0.4, 0.5) is 4.39 Å². The van der Waals surface area contributed by atoms with E-state index in [0.717, 1.165) is 11.1 Å². The van der Waals surface area contributed by atoms with Crippen LogP contribution < -0.4 is 0 Å². The third-order valence-electron chi connectivity index (χ3n) is 3.85. The lowest BCUT2D eigenvalue weighted by Gasteiger charge is -2.27. The number of amidine groups is 1. The maximum Gasteiger partial charge on any atom is 0.331 e. The first-order chi connectivity index (χ1) is 11.0. The lowest BCUT2D eigenvalue weighted by molar-refractivity contribution is -0.147. The normalized spacial score (nSPS) is 23.0. The number of benzene rings is 1. The summed E-state index contributed by atoms with van der Waals surface area (Å²) in [6.07, 6.45) is 3.53. The second-order valence-electron chi connectivity index (χ2n) is 5.39. The molecule has 0 bridgehead atoms. The van der Waals surface area contributed by atoms with Gasteiger partial charge in [-0.1, -0.05) is 23.7 Å². The van der Waals surface area contributed by atoms with Gasteiger partial charge >= 0.3 is 5.97 Å². The van der Waals surface area contributed by atoms with E-state index in [2.05, 4.69) is 4.99 Å². The van der Waals surface area contributed by atoms with E-state index in [1.165, 1.54) is 12.1 Å². The predicted molar refractivity (Wildman–Crippen MR) is 86.5 cm³/mol. The highest BCUT2D eigenvalue weighted by Crippen LogP contribution is 2.36. The molecule has 0 saturated carbocycles. The Bertz CT molecular complexity index is 725. The van der Waals surface area contributed by atoms with Crippen LogP contribution in [-0.4, -0.2) is 29.4 Å². The molecule has 3 rings (SSSR count). The van der Waals surface area contributed by atoms with Crippen molar-refractivity contribution in [3.05, 3.63) is 58.5 Å². The van der Waals surface area contributed by atoms with Gasteiger partial charge in [0, 0.05) is 6.20 Å². The van der Waals surface area contributed by atoms with Gasteiger partial charge in [0.2, 0.25) is 0 Å². The van der Waals surface area contributed by atoms with Crippen LogP contribution in [0.25, 0.3) is 0 Å². The Morgan fingerprint density at radius 2 is 2.09 bits per heavy atom. The fourth-order valence-electron chi connectivity index (χ4n) is 2.71. The van der Waals surface area contributed by atoms with Gasteiger partial charge in [0.05, 0.1) is 11.6 Å². The molecule has 1 aromatic carbocycles. The zero-order valence-electron chi connectivity index (χ0n) is 12.8. The second-order valence-corrected chi connectivity index (χ2v) is 5.80. The minimum Gasteiger partial charge on any atom is -0.464 e. The molecule has 2 atom stereocenters. The number of fused-ring (bicyclic) bond motifs is 1. The zero-order valence-corrected chi connectivity index (χ0v) is 13.5. The van der Waals surface area contributed by atoms with E-state index in [1.54, 1.807) is 30.2 Å². The van der Waals surface area contributed by atoms with Crippen LogP contribution in [0, 0.1) is 5.82 Å². The highest BCUT2D eigenvalue weighted by Gasteiger charge is 2.42. The summed E-state index contributed by atoms with van der Waals surface area (Å²) in [5.41, 5.74) is 1.63. The van der Waals surface area contributed by atoms with Crippen molar-refractivity contribution in [2.45, 2.75) is 25.9 Å². The lowest BCUT2D eigenvalue weighted by atomic mass is 10.00. The second kappa shape index (κ2) is 6.16. The Labute approximate surface area is 138 Å². The summed E-state index contributed by atoms with van der Waals surface area (Å²) in [5, 5.41) is 0.554. The Kier molecular flexibility index (Phi) is 4.22. The lowest BCUT2D eigenvalue weighted by Crippen LogP contribution is -2.41. The van der Waals surface area contributed by atoms with Gasteiger partial charge in [-0.3, -0.25) is 4.99 Å². The first kappa shape index (κ1) is 15.7. The van der Waals surface area contributed by atoms with E-state index in [1.807, 2.05) is 13.0 Å². The molecule has 0 aliphatic carbocycles. The summed E-state index contributed by atoms with van der Waals surface area (Å²) in [6.45, 7) is 3.91. The van der Waals surface area contributed by atoms with Crippen molar-refractivity contribution in [1.29, 1.82) is 0 Å². The minimum atomic E-state index is -0.645. The fraction of sp³-hybridized carbons (Fsp3) is 0.294. The predicted octanol–water partition coefficient (Wildman–Crippen LogP) is 3.55. The van der Waals surface area contributed by atoms with Crippen molar-refractivity contribution in [3.8, 4) is 0 Å². The van der Waals surface area contributed by atoms with E-state index < -0.39 is 12.1 Å². The third-order valence-corrected chi connectivity index (χ3v) is 4.24. The van der Waals surface area contributed by atoms with E-state index in [4.69, 9.17) is 16.3 Å². The topological polar surface area (TPSA) is 41.9 Å². The van der Waals surface area contributed by atoms with Crippen molar-refractivity contribution in [2.75, 3.05) is 6.61 Å². The summed E-state index contributed by atoms with van der Waals surface area (Å²) >= 11 is 6.19. The molecule has 2 aliphatic heterocycles. The Hall–Kier alpha value is -2.14. The average molecular weight is 335 g/mol. The van der Waals surface area contributed by atoms with Crippen molar-refractivity contribution in [2.24, 2.45) is 4.99 Å². The van der Waals surface area contributed by atoms with Gasteiger partial charge in [-0.25, -0.2) is 9.18 Å². The molecule has 4 nitrogen and oxygen atoms in total. The number of allylic oxidation sites excluding steroid dienone is 2. The monoisotopic (exact) mass is 334 g/mol. The number of carbonyl (C=O) groups excluding carboxylic acids is 1. The van der Waals surface area contributed by atoms with Crippen molar-refractivity contribution in [3.63, 3.8) is 0 Å². The van der Waals surface area contributed by atoms with E-state index in [-0.39, 0.29) is 18.4 Å². The SMILES string of the molecule is CCOC(=O)C1C(c2ccc(F)cc2)N=C2C=C(C)C(Cl)=CN21. The summed E-state index contributed by atoms with van der Waals surface area (Å²) in [6, 6.07) is 4.88. The van der Waals surface area contributed by atoms with Crippen LogP contribution in [0.15, 0.2) is 52.1 Å². The molecule has 23 heavy (non-hydrogen) atoms. The van der Waals surface area contributed by atoms with E-state index in [9.17, 15) is 9.18 Å². The first-order valence-electron chi connectivity index (χ1n) is 7.35. The molecule has 0 spiro atoms. The van der Waals surface area contributed by atoms with Gasteiger partial charge < -0.3 is 9.64 Å². The highest BCUT2D eigenvalue weighted by atomic mass is 35.5. The third kappa shape index (κ3) is 2.88. The van der Waals surface area contributed by atoms with Gasteiger partial charge in [0.15, 0.2) is 6.04 Å². The molecule has 1 aromatic rings. The van der Waals surface area contributed by atoms with Crippen LogP contribution >= 0.6 is 11.6 Å². The maximum atomic E-state index is 13.2. The fourth-order valence-corrected chi connectivity index (χ4v) is 2.87. The maximum absolute atomic E-state index is 13.2. The smallest absolute Gasteiger partial charge is 0.331 e. The number of nitrogens with zero attached hydrogens (tertiary/aromatic N) is 2. The summed E-state index contributed by atoms with van der Waals surface area (Å²) in [7, 11) is 0. The zero-order chi connectivity index (χ0) is 16.6. The first-order valence-corrected chi connectivity index (χ1v) is 7.73. The van der Waals surface area contributed by atoms with Crippen molar-refractivity contribution < 1.29 is 13.9 Å². The minimum absolute atomic E-state index is 0.279. The standard InChI is InChI=1S/C17H16ClFN2O2/c1-3-23-17(22)16-15(11-4-6-12(19)7-5-11)20-14-8-10(2)13(18)9-21(14)16/h4-9,15-16H,3H2,1-2H3. The molecular formula is C17H16ClFN2O2. The summed E-state index contributed by atoms with van der Waals surface area (Å²) < 4.78 is 18.4. The molecular weight excluding hydrogens is 319 g/mol. The summed E-state index contributed by atoms with van der Waals surface area (Å²) in [4.78, 5) is 18.8. The van der Waals surface area contributed by atoms with Crippen molar-refractivity contribution >= 4 is 23.4 Å². The number of rotatable bonds is 3. The molecule has 0 fully saturated rings. The highest BCUT2D eigenvalue weighted by molar-refractivity contribution is 6.32. The van der Waals surface area contributed by atoms with Crippen LogP contribution in [-0.2, 0) is 9.53 Å². The van der Waals surface area contributed by atoms with Crippen LogP contribution in [0.1, 0.15) is 25.5 Å². The Balaban J connectivity index is 2.02. The number of ether oxygens (including phenoxy) is 1. The van der Waals surface area contributed by atoms with E-state index >= 15 is 0 Å². The van der Waals surface area contributed by atoms with E-state index in [0.29, 0.717) is 10.9 Å². The number of halogens is 2. The average Bonchev–Trinajstić information content (AvgIpc) is 2.87. The van der Waals surface area contributed by atoms with Crippen LogP contribution in [0.5, 0.6) is 0 Å². The van der Waals surface area contributed by atoms with Crippen LogP contribution in [0.2, 0.25) is 0 Å². The Morgan fingerprint density at radius 1 is 1.39 bits per heavy atom. The van der Waals surface area contributed by atoms with Gasteiger partial charge in [-0.05, 0) is 43.2 Å². The molecule has 2 unspecified atom stereocenters. The number of aliphatic imine (C=N–C) groups is 1. The van der Waals surface area contributed by atoms with Gasteiger partial charge in [-0.15, -0.1) is 0 Å². The molecule has 2 aliphatic rings. The molecule has 0 aromatic heterocycles. The number of esters is 1. The number of hydrogen-bond acceptors (Lipinski definition) is 4. The number of hydrogen-bond donors (Lipinski definition) is 0. The quantitative estimate of drug-likeness (QED) is 0.794. The summed E-state index contributed by atoms with van der Waals surface area (Å²) in [5.74, 6) is -0.0583. The largest absolute Gasteiger partial charge is 0.464 e. The molecule has 0 amide bonds. The molecule has 0 saturated heterocycles. The molecule has 2 heterocycles. The van der Waals surface area contributed by atoms with Gasteiger partial charge in [-0.2, -0.15) is 0 Å². The molecule has 0 N–H and O–H groups in total.